The van der Waals surface area contributed by atoms with Gasteiger partial charge in [-0.2, -0.15) is 0 Å². The number of carboxylic acid groups (broad SMARTS) is 1. The summed E-state index contributed by atoms with van der Waals surface area (Å²) in [6.07, 6.45) is 0. The van der Waals surface area contributed by atoms with Crippen molar-refractivity contribution >= 4 is 27.6 Å². The number of carbonyl (C=O) groups is 1. The SMILES string of the molecule is C[N+](C)(C)c1ccc(C(=O)O)c(Br)c1. The van der Waals surface area contributed by atoms with Gasteiger partial charge in [0, 0.05) is 16.6 Å². The van der Waals surface area contributed by atoms with Gasteiger partial charge in [0.05, 0.1) is 26.7 Å². The Labute approximate surface area is 91.7 Å². The van der Waals surface area contributed by atoms with Gasteiger partial charge in [0.2, 0.25) is 0 Å². The second-order valence-corrected chi connectivity index (χ2v) is 4.84. The smallest absolute Gasteiger partial charge is 0.336 e. The molecule has 0 bridgehead atoms. The van der Waals surface area contributed by atoms with Crippen LogP contribution < -0.4 is 4.48 Å². The van der Waals surface area contributed by atoms with E-state index in [1.165, 1.54) is 0 Å². The van der Waals surface area contributed by atoms with E-state index in [9.17, 15) is 4.79 Å². The molecule has 1 N–H and O–H groups in total. The van der Waals surface area contributed by atoms with Crippen LogP contribution in [-0.4, -0.2) is 32.2 Å². The molecule has 0 saturated carbocycles. The maximum Gasteiger partial charge on any atom is 0.336 e. The molecule has 1 aromatic carbocycles. The summed E-state index contributed by atoms with van der Waals surface area (Å²) in [5.41, 5.74) is 1.35. The average molecular weight is 259 g/mol. The number of benzene rings is 1. The Bertz CT molecular complexity index is 369. The van der Waals surface area contributed by atoms with Crippen LogP contribution in [0.4, 0.5) is 5.69 Å². The molecule has 0 amide bonds. The van der Waals surface area contributed by atoms with Gasteiger partial charge < -0.3 is 5.11 Å². The second kappa shape index (κ2) is 3.71. The Morgan fingerprint density at radius 3 is 2.29 bits per heavy atom. The molecule has 76 valence electrons. The van der Waals surface area contributed by atoms with Gasteiger partial charge in [-0.25, -0.2) is 4.79 Å². The standard InChI is InChI=1S/C10H12BrNO2/c1-12(2,3)7-4-5-8(10(13)14)9(11)6-7/h4-6H,1-3H3/p+1. The average Bonchev–Trinajstić information content (AvgIpc) is 2.01. The van der Waals surface area contributed by atoms with E-state index in [-0.39, 0.29) is 0 Å². The molecule has 0 heterocycles. The first-order valence-electron chi connectivity index (χ1n) is 4.17. The van der Waals surface area contributed by atoms with Crippen molar-refractivity contribution in [3.8, 4) is 0 Å². The van der Waals surface area contributed by atoms with Crippen LogP contribution in [0.1, 0.15) is 10.4 Å². The van der Waals surface area contributed by atoms with Gasteiger partial charge in [-0.1, -0.05) is 0 Å². The Balaban J connectivity index is 3.20. The number of quaternary nitrogens is 1. The minimum Gasteiger partial charge on any atom is -0.478 e. The van der Waals surface area contributed by atoms with Gasteiger partial charge in [-0.3, -0.25) is 4.48 Å². The van der Waals surface area contributed by atoms with E-state index in [0.717, 1.165) is 5.69 Å². The fraction of sp³-hybridized carbons (Fsp3) is 0.300. The molecular weight excluding hydrogens is 246 g/mol. The molecule has 1 aromatic rings. The quantitative estimate of drug-likeness (QED) is 0.828. The molecule has 0 aliphatic carbocycles. The van der Waals surface area contributed by atoms with E-state index in [2.05, 4.69) is 15.9 Å². The van der Waals surface area contributed by atoms with E-state index in [1.807, 2.05) is 33.3 Å². The third-order valence-electron chi connectivity index (χ3n) is 1.96. The van der Waals surface area contributed by atoms with Crippen LogP contribution >= 0.6 is 15.9 Å². The summed E-state index contributed by atoms with van der Waals surface area (Å²) in [6.45, 7) is 0. The minimum absolute atomic E-state index is 0.294. The number of rotatable bonds is 2. The van der Waals surface area contributed by atoms with Crippen LogP contribution in [0.3, 0.4) is 0 Å². The van der Waals surface area contributed by atoms with Crippen molar-refractivity contribution in [1.29, 1.82) is 0 Å². The molecule has 3 nitrogen and oxygen atoms in total. The van der Waals surface area contributed by atoms with E-state index >= 15 is 0 Å². The fourth-order valence-electron chi connectivity index (χ4n) is 1.09. The largest absolute Gasteiger partial charge is 0.478 e. The van der Waals surface area contributed by atoms with Crippen molar-refractivity contribution in [3.05, 3.63) is 28.2 Å². The summed E-state index contributed by atoms with van der Waals surface area (Å²) in [4.78, 5) is 10.7. The van der Waals surface area contributed by atoms with E-state index in [1.54, 1.807) is 6.07 Å². The zero-order valence-electron chi connectivity index (χ0n) is 8.41. The van der Waals surface area contributed by atoms with Crippen molar-refractivity contribution in [3.63, 3.8) is 0 Å². The van der Waals surface area contributed by atoms with Crippen molar-refractivity contribution < 1.29 is 9.90 Å². The van der Waals surface area contributed by atoms with E-state index in [4.69, 9.17) is 5.11 Å². The third kappa shape index (κ3) is 2.33. The molecule has 14 heavy (non-hydrogen) atoms. The number of hydrogen-bond acceptors (Lipinski definition) is 1. The fourth-order valence-corrected chi connectivity index (χ4v) is 1.63. The van der Waals surface area contributed by atoms with Gasteiger partial charge in [0.1, 0.15) is 5.69 Å². The summed E-state index contributed by atoms with van der Waals surface area (Å²) < 4.78 is 1.29. The molecule has 1 rings (SSSR count). The number of carboxylic acids is 1. The molecular formula is C10H13BrNO2+. The highest BCUT2D eigenvalue weighted by Gasteiger charge is 2.16. The van der Waals surface area contributed by atoms with E-state index < -0.39 is 5.97 Å². The van der Waals surface area contributed by atoms with Crippen molar-refractivity contribution in [2.45, 2.75) is 0 Å². The Hall–Kier alpha value is -0.870. The first-order valence-corrected chi connectivity index (χ1v) is 4.96. The topological polar surface area (TPSA) is 37.3 Å². The summed E-state index contributed by atoms with van der Waals surface area (Å²) in [6, 6.07) is 5.28. The maximum absolute atomic E-state index is 10.7. The summed E-state index contributed by atoms with van der Waals surface area (Å²) >= 11 is 3.25. The zero-order valence-corrected chi connectivity index (χ0v) is 10.00. The van der Waals surface area contributed by atoms with Crippen LogP contribution in [0.2, 0.25) is 0 Å². The van der Waals surface area contributed by atoms with Crippen molar-refractivity contribution in [1.82, 2.24) is 4.48 Å². The van der Waals surface area contributed by atoms with Crippen LogP contribution in [-0.2, 0) is 0 Å². The van der Waals surface area contributed by atoms with Crippen LogP contribution in [0, 0.1) is 0 Å². The number of nitrogens with zero attached hydrogens (tertiary/aromatic N) is 1. The molecule has 0 atom stereocenters. The number of aromatic carboxylic acids is 1. The maximum atomic E-state index is 10.7. The number of halogens is 1. The third-order valence-corrected chi connectivity index (χ3v) is 2.61. The monoisotopic (exact) mass is 258 g/mol. The Morgan fingerprint density at radius 2 is 1.93 bits per heavy atom. The van der Waals surface area contributed by atoms with Crippen LogP contribution in [0.25, 0.3) is 0 Å². The number of hydrogen-bond donors (Lipinski definition) is 1. The molecule has 0 aromatic heterocycles. The van der Waals surface area contributed by atoms with Gasteiger partial charge in [0.25, 0.3) is 0 Å². The predicted octanol–water partition coefficient (Wildman–Crippen LogP) is 2.34. The zero-order chi connectivity index (χ0) is 10.9. The van der Waals surface area contributed by atoms with Crippen LogP contribution in [0.15, 0.2) is 22.7 Å². The van der Waals surface area contributed by atoms with Gasteiger partial charge in [-0.15, -0.1) is 0 Å². The lowest BCUT2D eigenvalue weighted by Crippen LogP contribution is -2.34. The molecule has 0 aliphatic heterocycles. The highest BCUT2D eigenvalue weighted by molar-refractivity contribution is 9.10. The van der Waals surface area contributed by atoms with Gasteiger partial charge in [-0.05, 0) is 22.0 Å². The summed E-state index contributed by atoms with van der Waals surface area (Å²) in [7, 11) is 6.09. The second-order valence-electron chi connectivity index (χ2n) is 3.98. The first kappa shape index (κ1) is 11.2. The Kier molecular flexibility index (Phi) is 2.97. The van der Waals surface area contributed by atoms with Crippen molar-refractivity contribution in [2.75, 3.05) is 21.1 Å². The highest BCUT2D eigenvalue weighted by atomic mass is 79.9. The molecule has 0 unspecified atom stereocenters. The molecule has 0 spiro atoms. The first-order chi connectivity index (χ1) is 6.32. The Morgan fingerprint density at radius 1 is 1.36 bits per heavy atom. The van der Waals surface area contributed by atoms with Crippen molar-refractivity contribution in [2.24, 2.45) is 0 Å². The molecule has 0 saturated heterocycles. The lowest BCUT2D eigenvalue weighted by Gasteiger charge is -2.23. The lowest BCUT2D eigenvalue weighted by atomic mass is 10.2. The van der Waals surface area contributed by atoms with Gasteiger partial charge in [0.15, 0.2) is 0 Å². The molecule has 0 fully saturated rings. The van der Waals surface area contributed by atoms with Crippen LogP contribution in [0.5, 0.6) is 0 Å². The molecule has 0 radical (unpaired) electrons. The minimum atomic E-state index is -0.912. The molecule has 4 heteroatoms. The van der Waals surface area contributed by atoms with Gasteiger partial charge >= 0.3 is 5.97 Å². The summed E-state index contributed by atoms with van der Waals surface area (Å²) in [5.74, 6) is -0.912. The lowest BCUT2D eigenvalue weighted by molar-refractivity contribution is 0.0696. The summed E-state index contributed by atoms with van der Waals surface area (Å²) in [5, 5.41) is 8.82. The highest BCUT2D eigenvalue weighted by Crippen LogP contribution is 2.25. The normalized spacial score (nSPS) is 11.4. The molecule has 0 aliphatic rings. The van der Waals surface area contributed by atoms with E-state index in [0.29, 0.717) is 14.5 Å². The predicted molar refractivity (Wildman–Crippen MR) is 60.7 cm³/mol.